The number of hydrogen-bond donors (Lipinski definition) is 0. The Bertz CT molecular complexity index is 997. The Morgan fingerprint density at radius 3 is 2.68 bits per heavy atom. The average Bonchev–Trinajstić information content (AvgIpc) is 3.36. The molecular formula is C19H16F2N4OS2. The van der Waals surface area contributed by atoms with Gasteiger partial charge in [0.25, 0.3) is 0 Å². The van der Waals surface area contributed by atoms with Crippen LogP contribution in [0.4, 0.5) is 8.78 Å². The number of aromatic nitrogens is 3. The molecule has 1 saturated heterocycles. The standard InChI is InChI=1S/C19H16F2N4OS2/c20-14-6-2-1-5-13(14)18-24(9-10-27-18)17(26)11-28-19-23-22-12-25(19)16-8-4-3-7-15(16)21/h1-8,12,18H,9-11H2. The van der Waals surface area contributed by atoms with E-state index in [2.05, 4.69) is 10.2 Å². The maximum absolute atomic E-state index is 14.2. The van der Waals surface area contributed by atoms with Gasteiger partial charge in [-0.15, -0.1) is 22.0 Å². The summed E-state index contributed by atoms with van der Waals surface area (Å²) in [6.07, 6.45) is 1.42. The number of para-hydroxylation sites is 1. The molecule has 1 fully saturated rings. The van der Waals surface area contributed by atoms with Crippen molar-refractivity contribution in [1.82, 2.24) is 19.7 Å². The lowest BCUT2D eigenvalue weighted by Crippen LogP contribution is -2.32. The third-order valence-electron chi connectivity index (χ3n) is 4.34. The van der Waals surface area contributed by atoms with Crippen molar-refractivity contribution in [3.05, 3.63) is 72.1 Å². The van der Waals surface area contributed by atoms with E-state index in [0.717, 1.165) is 5.75 Å². The molecule has 1 aliphatic rings. The molecular weight excluding hydrogens is 402 g/mol. The van der Waals surface area contributed by atoms with Crippen LogP contribution in [-0.4, -0.2) is 43.6 Å². The molecule has 1 amide bonds. The molecule has 1 atom stereocenters. The van der Waals surface area contributed by atoms with E-state index in [1.807, 2.05) is 0 Å². The Labute approximate surface area is 169 Å². The summed E-state index contributed by atoms with van der Waals surface area (Å²) in [6.45, 7) is 0.559. The van der Waals surface area contributed by atoms with Gasteiger partial charge in [-0.3, -0.25) is 9.36 Å². The van der Waals surface area contributed by atoms with Gasteiger partial charge in [-0.2, -0.15) is 0 Å². The van der Waals surface area contributed by atoms with E-state index in [1.165, 1.54) is 34.8 Å². The lowest BCUT2D eigenvalue weighted by Gasteiger charge is -2.24. The number of carbonyl (C=O) groups excluding carboxylic acids is 1. The van der Waals surface area contributed by atoms with Crippen LogP contribution in [0.3, 0.4) is 0 Å². The van der Waals surface area contributed by atoms with Crippen LogP contribution in [0.2, 0.25) is 0 Å². The molecule has 1 unspecified atom stereocenters. The van der Waals surface area contributed by atoms with E-state index in [4.69, 9.17) is 0 Å². The zero-order valence-corrected chi connectivity index (χ0v) is 16.3. The van der Waals surface area contributed by atoms with Gasteiger partial charge in [0.1, 0.15) is 23.3 Å². The molecule has 9 heteroatoms. The fourth-order valence-electron chi connectivity index (χ4n) is 3.00. The van der Waals surface area contributed by atoms with Crippen molar-refractivity contribution in [3.63, 3.8) is 0 Å². The van der Waals surface area contributed by atoms with Gasteiger partial charge in [0, 0.05) is 17.9 Å². The molecule has 1 aromatic heterocycles. The first-order valence-corrected chi connectivity index (χ1v) is 10.6. The minimum absolute atomic E-state index is 0.110. The van der Waals surface area contributed by atoms with Crippen molar-refractivity contribution >= 4 is 29.4 Å². The fraction of sp³-hybridized carbons (Fsp3) is 0.211. The maximum Gasteiger partial charge on any atom is 0.234 e. The number of benzene rings is 2. The number of hydrogen-bond acceptors (Lipinski definition) is 5. The summed E-state index contributed by atoms with van der Waals surface area (Å²) in [5, 5.41) is 7.92. The molecule has 5 nitrogen and oxygen atoms in total. The highest BCUT2D eigenvalue weighted by atomic mass is 32.2. The van der Waals surface area contributed by atoms with Gasteiger partial charge in [0.15, 0.2) is 5.16 Å². The van der Waals surface area contributed by atoms with Gasteiger partial charge in [0.2, 0.25) is 5.91 Å². The smallest absolute Gasteiger partial charge is 0.234 e. The number of halogens is 2. The van der Waals surface area contributed by atoms with Crippen LogP contribution in [0, 0.1) is 11.6 Å². The Balaban J connectivity index is 1.48. The highest BCUT2D eigenvalue weighted by Gasteiger charge is 2.32. The van der Waals surface area contributed by atoms with Crippen LogP contribution < -0.4 is 0 Å². The zero-order chi connectivity index (χ0) is 19.5. The summed E-state index contributed by atoms with van der Waals surface area (Å²) in [7, 11) is 0. The van der Waals surface area contributed by atoms with Gasteiger partial charge < -0.3 is 4.90 Å². The normalized spacial score (nSPS) is 16.5. The van der Waals surface area contributed by atoms with Crippen molar-refractivity contribution in [2.45, 2.75) is 10.5 Å². The number of amides is 1. The summed E-state index contributed by atoms with van der Waals surface area (Å²) < 4.78 is 29.7. The molecule has 144 valence electrons. The molecule has 0 spiro atoms. The van der Waals surface area contributed by atoms with Crippen molar-refractivity contribution in [2.24, 2.45) is 0 Å². The molecule has 1 aliphatic heterocycles. The van der Waals surface area contributed by atoms with Crippen molar-refractivity contribution < 1.29 is 13.6 Å². The quantitative estimate of drug-likeness (QED) is 0.588. The molecule has 4 rings (SSSR count). The van der Waals surface area contributed by atoms with Crippen LogP contribution in [0.25, 0.3) is 5.69 Å². The Morgan fingerprint density at radius 2 is 1.89 bits per heavy atom. The molecule has 3 aromatic rings. The van der Waals surface area contributed by atoms with E-state index in [-0.39, 0.29) is 22.9 Å². The molecule has 0 bridgehead atoms. The monoisotopic (exact) mass is 418 g/mol. The van der Waals surface area contributed by atoms with Crippen LogP contribution in [-0.2, 0) is 4.79 Å². The second-order valence-electron chi connectivity index (χ2n) is 6.06. The topological polar surface area (TPSA) is 51.0 Å². The highest BCUT2D eigenvalue weighted by molar-refractivity contribution is 8.00. The second kappa shape index (κ2) is 8.32. The summed E-state index contributed by atoms with van der Waals surface area (Å²) in [5.41, 5.74) is 0.835. The van der Waals surface area contributed by atoms with Crippen molar-refractivity contribution in [3.8, 4) is 5.69 Å². The predicted octanol–water partition coefficient (Wildman–Crippen LogP) is 3.91. The third-order valence-corrected chi connectivity index (χ3v) is 6.51. The fourth-order valence-corrected chi connectivity index (χ4v) is 5.11. The molecule has 0 saturated carbocycles. The Kier molecular flexibility index (Phi) is 5.63. The Hall–Kier alpha value is -2.39. The average molecular weight is 418 g/mol. The van der Waals surface area contributed by atoms with Crippen LogP contribution in [0.15, 0.2) is 60.0 Å². The Morgan fingerprint density at radius 1 is 1.14 bits per heavy atom. The first-order valence-electron chi connectivity index (χ1n) is 8.58. The zero-order valence-electron chi connectivity index (χ0n) is 14.7. The summed E-state index contributed by atoms with van der Waals surface area (Å²) in [5.74, 6) is 0.0310. The lowest BCUT2D eigenvalue weighted by molar-refractivity contribution is -0.128. The third kappa shape index (κ3) is 3.77. The maximum atomic E-state index is 14.2. The number of nitrogens with zero attached hydrogens (tertiary/aromatic N) is 4. The first-order chi connectivity index (χ1) is 13.6. The minimum atomic E-state index is -0.397. The van der Waals surface area contributed by atoms with Crippen molar-refractivity contribution in [2.75, 3.05) is 18.1 Å². The van der Waals surface area contributed by atoms with Crippen LogP contribution in [0.5, 0.6) is 0 Å². The van der Waals surface area contributed by atoms with Crippen LogP contribution in [0.1, 0.15) is 10.9 Å². The second-order valence-corrected chi connectivity index (χ2v) is 8.19. The summed E-state index contributed by atoms with van der Waals surface area (Å²) in [6, 6.07) is 12.8. The first kappa shape index (κ1) is 18.9. The summed E-state index contributed by atoms with van der Waals surface area (Å²) >= 11 is 2.73. The van der Waals surface area contributed by atoms with E-state index in [9.17, 15) is 13.6 Å². The molecule has 2 heterocycles. The summed E-state index contributed by atoms with van der Waals surface area (Å²) in [4.78, 5) is 14.5. The predicted molar refractivity (Wildman–Crippen MR) is 105 cm³/mol. The van der Waals surface area contributed by atoms with Gasteiger partial charge in [-0.25, -0.2) is 8.78 Å². The van der Waals surface area contributed by atoms with Crippen molar-refractivity contribution in [1.29, 1.82) is 0 Å². The molecule has 28 heavy (non-hydrogen) atoms. The van der Waals surface area contributed by atoms with Gasteiger partial charge in [-0.05, 0) is 18.2 Å². The number of rotatable bonds is 5. The van der Waals surface area contributed by atoms with Gasteiger partial charge >= 0.3 is 0 Å². The number of carbonyl (C=O) groups is 1. The van der Waals surface area contributed by atoms with Crippen LogP contribution >= 0.6 is 23.5 Å². The lowest BCUT2D eigenvalue weighted by atomic mass is 10.2. The molecule has 0 radical (unpaired) electrons. The van der Waals surface area contributed by atoms with Gasteiger partial charge in [-0.1, -0.05) is 42.1 Å². The minimum Gasteiger partial charge on any atom is -0.325 e. The van der Waals surface area contributed by atoms with E-state index >= 15 is 0 Å². The number of thioether (sulfide) groups is 2. The van der Waals surface area contributed by atoms with E-state index < -0.39 is 5.82 Å². The van der Waals surface area contributed by atoms with Gasteiger partial charge in [0.05, 0.1) is 11.4 Å². The highest BCUT2D eigenvalue weighted by Crippen LogP contribution is 2.39. The van der Waals surface area contributed by atoms with E-state index in [1.54, 1.807) is 53.1 Å². The largest absolute Gasteiger partial charge is 0.325 e. The SMILES string of the molecule is O=C(CSc1nncn1-c1ccccc1F)N1CCSC1c1ccccc1F. The van der Waals surface area contributed by atoms with E-state index in [0.29, 0.717) is 23.0 Å². The molecule has 2 aromatic carbocycles. The molecule has 0 aliphatic carbocycles. The molecule has 0 N–H and O–H groups in total.